The van der Waals surface area contributed by atoms with E-state index in [0.29, 0.717) is 25.3 Å². The molecule has 5 heteroatoms. The van der Waals surface area contributed by atoms with Crippen molar-refractivity contribution in [2.24, 2.45) is 0 Å². The molecular formula is C15H23NO4. The Morgan fingerprint density at radius 3 is 2.35 bits per heavy atom. The maximum Gasteiger partial charge on any atom is 0.339 e. The molecule has 0 spiro atoms. The van der Waals surface area contributed by atoms with Crippen LogP contribution in [0.1, 0.15) is 24.2 Å². The van der Waals surface area contributed by atoms with Gasteiger partial charge in [-0.1, -0.05) is 12.1 Å². The van der Waals surface area contributed by atoms with Crippen LogP contribution < -0.4 is 4.90 Å². The SMILES string of the molecule is CCOC(CN(C)c1ccccc1C(=O)OC)OCC. The predicted molar refractivity (Wildman–Crippen MR) is 78.1 cm³/mol. The van der Waals surface area contributed by atoms with Gasteiger partial charge in [0.25, 0.3) is 0 Å². The van der Waals surface area contributed by atoms with Gasteiger partial charge >= 0.3 is 5.97 Å². The highest BCUT2D eigenvalue weighted by molar-refractivity contribution is 5.95. The van der Waals surface area contributed by atoms with Gasteiger partial charge in [0, 0.05) is 20.3 Å². The van der Waals surface area contributed by atoms with Crippen molar-refractivity contribution in [2.75, 3.05) is 38.8 Å². The van der Waals surface area contributed by atoms with Crippen molar-refractivity contribution in [1.82, 2.24) is 0 Å². The average molecular weight is 281 g/mol. The van der Waals surface area contributed by atoms with Crippen molar-refractivity contribution < 1.29 is 19.0 Å². The van der Waals surface area contributed by atoms with Gasteiger partial charge in [-0.3, -0.25) is 0 Å². The Morgan fingerprint density at radius 2 is 1.80 bits per heavy atom. The molecule has 112 valence electrons. The van der Waals surface area contributed by atoms with Gasteiger partial charge in [-0.2, -0.15) is 0 Å². The van der Waals surface area contributed by atoms with E-state index in [2.05, 4.69) is 0 Å². The zero-order valence-corrected chi connectivity index (χ0v) is 12.6. The zero-order valence-electron chi connectivity index (χ0n) is 12.6. The molecule has 0 heterocycles. The Balaban J connectivity index is 2.85. The average Bonchev–Trinajstić information content (AvgIpc) is 2.47. The second kappa shape index (κ2) is 8.55. The van der Waals surface area contributed by atoms with Gasteiger partial charge in [-0.05, 0) is 26.0 Å². The van der Waals surface area contributed by atoms with Crippen LogP contribution in [0, 0.1) is 0 Å². The second-order valence-electron chi connectivity index (χ2n) is 4.23. The van der Waals surface area contributed by atoms with Crippen molar-refractivity contribution in [3.05, 3.63) is 29.8 Å². The molecule has 0 amide bonds. The van der Waals surface area contributed by atoms with E-state index in [1.807, 2.05) is 44.0 Å². The van der Waals surface area contributed by atoms with Gasteiger partial charge in [0.05, 0.1) is 24.9 Å². The van der Waals surface area contributed by atoms with E-state index in [0.717, 1.165) is 5.69 Å². The number of hydrogen-bond donors (Lipinski definition) is 0. The number of nitrogens with zero attached hydrogens (tertiary/aromatic N) is 1. The van der Waals surface area contributed by atoms with Crippen molar-refractivity contribution in [1.29, 1.82) is 0 Å². The molecule has 20 heavy (non-hydrogen) atoms. The standard InChI is InChI=1S/C15H23NO4/c1-5-19-14(20-6-2)11-16(3)13-10-8-7-9-12(13)15(17)18-4/h7-10,14H,5-6,11H2,1-4H3. The van der Waals surface area contributed by atoms with E-state index in [4.69, 9.17) is 14.2 Å². The smallest absolute Gasteiger partial charge is 0.339 e. The van der Waals surface area contributed by atoms with Crippen molar-refractivity contribution >= 4 is 11.7 Å². The minimum absolute atomic E-state index is 0.319. The molecule has 0 aliphatic rings. The Hall–Kier alpha value is -1.59. The van der Waals surface area contributed by atoms with E-state index in [9.17, 15) is 4.79 Å². The number of ether oxygens (including phenoxy) is 3. The molecule has 1 aromatic rings. The maximum atomic E-state index is 11.8. The van der Waals surface area contributed by atoms with E-state index in [-0.39, 0.29) is 12.3 Å². The van der Waals surface area contributed by atoms with Crippen molar-refractivity contribution in [3.63, 3.8) is 0 Å². The minimum Gasteiger partial charge on any atom is -0.465 e. The summed E-state index contributed by atoms with van der Waals surface area (Å²) in [6, 6.07) is 7.32. The normalized spacial score (nSPS) is 10.7. The summed E-state index contributed by atoms with van der Waals surface area (Å²) in [5.41, 5.74) is 1.33. The quantitative estimate of drug-likeness (QED) is 0.540. The first-order chi connectivity index (χ1) is 9.63. The Kier molecular flexibility index (Phi) is 7.04. The van der Waals surface area contributed by atoms with Gasteiger partial charge in [0.15, 0.2) is 6.29 Å². The molecule has 1 rings (SSSR count). The molecule has 1 aromatic carbocycles. The summed E-state index contributed by atoms with van der Waals surface area (Å²) in [5.74, 6) is -0.350. The van der Waals surface area contributed by atoms with Gasteiger partial charge in [0.1, 0.15) is 0 Å². The summed E-state index contributed by atoms with van der Waals surface area (Å²) in [6.45, 7) is 5.55. The monoisotopic (exact) mass is 281 g/mol. The molecular weight excluding hydrogens is 258 g/mol. The summed E-state index contributed by atoms with van der Waals surface area (Å²) < 4.78 is 15.8. The number of anilines is 1. The van der Waals surface area contributed by atoms with Crippen molar-refractivity contribution in [3.8, 4) is 0 Å². The van der Waals surface area contributed by atoms with Crippen LogP contribution in [0.3, 0.4) is 0 Å². The lowest BCUT2D eigenvalue weighted by Crippen LogP contribution is -2.34. The second-order valence-corrected chi connectivity index (χ2v) is 4.23. The van der Waals surface area contributed by atoms with E-state index in [1.165, 1.54) is 7.11 Å². The highest BCUT2D eigenvalue weighted by Gasteiger charge is 2.17. The van der Waals surface area contributed by atoms with Crippen LogP contribution in [0.2, 0.25) is 0 Å². The number of carbonyl (C=O) groups is 1. The van der Waals surface area contributed by atoms with E-state index < -0.39 is 0 Å². The van der Waals surface area contributed by atoms with Crippen LogP contribution in [0.4, 0.5) is 5.69 Å². The molecule has 0 unspecified atom stereocenters. The maximum absolute atomic E-state index is 11.8. The molecule has 0 aliphatic heterocycles. The van der Waals surface area contributed by atoms with Crippen LogP contribution >= 0.6 is 0 Å². The Bertz CT molecular complexity index is 416. The van der Waals surface area contributed by atoms with Crippen LogP contribution in [-0.4, -0.2) is 46.2 Å². The molecule has 0 atom stereocenters. The third-order valence-electron chi connectivity index (χ3n) is 2.85. The molecule has 0 radical (unpaired) electrons. The molecule has 0 bridgehead atoms. The first kappa shape index (κ1) is 16.5. The Morgan fingerprint density at radius 1 is 1.20 bits per heavy atom. The third kappa shape index (κ3) is 4.51. The van der Waals surface area contributed by atoms with Crippen LogP contribution in [0.5, 0.6) is 0 Å². The lowest BCUT2D eigenvalue weighted by Gasteiger charge is -2.26. The van der Waals surface area contributed by atoms with E-state index >= 15 is 0 Å². The van der Waals surface area contributed by atoms with E-state index in [1.54, 1.807) is 6.07 Å². The summed E-state index contributed by atoms with van der Waals surface area (Å²) in [4.78, 5) is 13.7. The topological polar surface area (TPSA) is 48.0 Å². The van der Waals surface area contributed by atoms with Gasteiger partial charge < -0.3 is 19.1 Å². The largest absolute Gasteiger partial charge is 0.465 e. The molecule has 0 aromatic heterocycles. The number of benzene rings is 1. The van der Waals surface area contributed by atoms with Gasteiger partial charge in [-0.15, -0.1) is 0 Å². The molecule has 5 nitrogen and oxygen atoms in total. The number of para-hydroxylation sites is 1. The third-order valence-corrected chi connectivity index (χ3v) is 2.85. The first-order valence-electron chi connectivity index (χ1n) is 6.75. The number of carbonyl (C=O) groups excluding carboxylic acids is 1. The van der Waals surface area contributed by atoms with Crippen LogP contribution in [-0.2, 0) is 14.2 Å². The number of hydrogen-bond acceptors (Lipinski definition) is 5. The molecule has 0 aliphatic carbocycles. The summed E-state index contributed by atoms with van der Waals surface area (Å²) >= 11 is 0. The van der Waals surface area contributed by atoms with Gasteiger partial charge in [0.2, 0.25) is 0 Å². The number of rotatable bonds is 8. The highest BCUT2D eigenvalue weighted by atomic mass is 16.7. The van der Waals surface area contributed by atoms with Crippen LogP contribution in [0.15, 0.2) is 24.3 Å². The summed E-state index contributed by atoms with van der Waals surface area (Å²) in [5, 5.41) is 0. The highest BCUT2D eigenvalue weighted by Crippen LogP contribution is 2.20. The lowest BCUT2D eigenvalue weighted by molar-refractivity contribution is -0.129. The first-order valence-corrected chi connectivity index (χ1v) is 6.75. The Labute approximate surface area is 120 Å². The molecule has 0 saturated heterocycles. The number of methoxy groups -OCH3 is 1. The predicted octanol–water partition coefficient (Wildman–Crippen LogP) is 2.31. The fourth-order valence-electron chi connectivity index (χ4n) is 1.94. The molecule has 0 N–H and O–H groups in total. The van der Waals surface area contributed by atoms with Gasteiger partial charge in [-0.25, -0.2) is 4.79 Å². The van der Waals surface area contributed by atoms with Crippen molar-refractivity contribution in [2.45, 2.75) is 20.1 Å². The number of likely N-dealkylation sites (N-methyl/N-ethyl adjacent to an activating group) is 1. The number of esters is 1. The zero-order chi connectivity index (χ0) is 15.0. The van der Waals surface area contributed by atoms with Crippen LogP contribution in [0.25, 0.3) is 0 Å². The molecule has 0 saturated carbocycles. The minimum atomic E-state index is -0.350. The lowest BCUT2D eigenvalue weighted by atomic mass is 10.1. The molecule has 0 fully saturated rings. The summed E-state index contributed by atoms with van der Waals surface area (Å²) in [7, 11) is 3.27. The fraction of sp³-hybridized carbons (Fsp3) is 0.533. The summed E-state index contributed by atoms with van der Waals surface area (Å²) in [6.07, 6.45) is -0.319. The fourth-order valence-corrected chi connectivity index (χ4v) is 1.94.